The molecule has 2 aliphatic rings. The van der Waals surface area contributed by atoms with Gasteiger partial charge in [0.25, 0.3) is 0 Å². The molecule has 1 aromatic rings. The number of ketones is 1. The number of Topliss-reactive ketones (excluding diaryl/α,β-unsaturated/α-hetero) is 1. The Bertz CT molecular complexity index is 605. The third kappa shape index (κ3) is 3.24. The lowest BCUT2D eigenvalue weighted by atomic mass is 9.79. The molecular weight excluding hydrogens is 316 g/mol. The van der Waals surface area contributed by atoms with Crippen molar-refractivity contribution >= 4 is 16.6 Å². The minimum atomic E-state index is -0.710. The first-order valence-corrected chi connectivity index (χ1v) is 10.7. The van der Waals surface area contributed by atoms with Crippen LogP contribution >= 0.6 is 0 Å². The molecular formula is C21H30O2S. The van der Waals surface area contributed by atoms with Gasteiger partial charge in [0.15, 0.2) is 5.78 Å². The third-order valence-electron chi connectivity index (χ3n) is 5.79. The molecule has 3 rings (SSSR count). The maximum absolute atomic E-state index is 13.5. The summed E-state index contributed by atoms with van der Waals surface area (Å²) in [5.41, 5.74) is 3.34. The van der Waals surface area contributed by atoms with E-state index in [0.29, 0.717) is 17.6 Å². The van der Waals surface area contributed by atoms with Crippen molar-refractivity contribution in [3.8, 4) is 0 Å². The van der Waals surface area contributed by atoms with Crippen molar-refractivity contribution in [2.24, 2.45) is 5.92 Å². The zero-order valence-corrected chi connectivity index (χ0v) is 16.2. The highest BCUT2D eigenvalue weighted by atomic mass is 32.2. The highest BCUT2D eigenvalue weighted by molar-refractivity contribution is 7.86. The van der Waals surface area contributed by atoms with Crippen molar-refractivity contribution in [3.63, 3.8) is 0 Å². The molecule has 24 heavy (non-hydrogen) atoms. The third-order valence-corrected chi connectivity index (χ3v) is 7.96. The summed E-state index contributed by atoms with van der Waals surface area (Å²) in [6.07, 6.45) is 4.91. The van der Waals surface area contributed by atoms with Crippen LogP contribution in [-0.2, 0) is 10.8 Å². The van der Waals surface area contributed by atoms with E-state index in [9.17, 15) is 9.00 Å². The van der Waals surface area contributed by atoms with Gasteiger partial charge in [0.1, 0.15) is 0 Å². The second-order valence-electron chi connectivity index (χ2n) is 8.16. The molecule has 2 nitrogen and oxygen atoms in total. The smallest absolute Gasteiger partial charge is 0.166 e. The summed E-state index contributed by atoms with van der Waals surface area (Å²) in [7, 11) is -0.710. The van der Waals surface area contributed by atoms with Crippen molar-refractivity contribution < 1.29 is 9.00 Å². The number of carbonyl (C=O) groups is 1. The van der Waals surface area contributed by atoms with Crippen LogP contribution in [-0.4, -0.2) is 20.5 Å². The standard InChI is InChI=1S/C21H30O2S/c1-13(2)18-9-6-10-19(14(3)4)20(18)21(22)15-11-16-7-5-8-17(12-15)24(16)23/h6,9-10,13-17H,5,7-8,11-12H2,1-4H3. The maximum atomic E-state index is 13.5. The summed E-state index contributed by atoms with van der Waals surface area (Å²) < 4.78 is 12.5. The van der Waals surface area contributed by atoms with Crippen molar-refractivity contribution in [2.75, 3.05) is 0 Å². The molecule has 0 aliphatic carbocycles. The second kappa shape index (κ2) is 7.11. The minimum absolute atomic E-state index is 0.0652. The molecule has 2 bridgehead atoms. The van der Waals surface area contributed by atoms with Gasteiger partial charge >= 0.3 is 0 Å². The number of hydrogen-bond donors (Lipinski definition) is 0. The zero-order chi connectivity index (χ0) is 17.4. The molecule has 0 N–H and O–H groups in total. The number of fused-ring (bicyclic) bond motifs is 2. The quantitative estimate of drug-likeness (QED) is 0.703. The summed E-state index contributed by atoms with van der Waals surface area (Å²) in [6, 6.07) is 6.32. The Morgan fingerprint density at radius 3 is 1.96 bits per heavy atom. The fourth-order valence-corrected chi connectivity index (χ4v) is 6.67. The molecule has 2 heterocycles. The molecule has 1 aromatic carbocycles. The fraction of sp³-hybridized carbons (Fsp3) is 0.667. The summed E-state index contributed by atoms with van der Waals surface area (Å²) >= 11 is 0. The topological polar surface area (TPSA) is 34.1 Å². The first-order chi connectivity index (χ1) is 11.4. The second-order valence-corrected chi connectivity index (χ2v) is 10.1. The molecule has 0 radical (unpaired) electrons. The Morgan fingerprint density at radius 2 is 1.50 bits per heavy atom. The first kappa shape index (κ1) is 17.8. The summed E-state index contributed by atoms with van der Waals surface area (Å²) in [5.74, 6) is 1.08. The molecule has 2 saturated heterocycles. The van der Waals surface area contributed by atoms with Crippen LogP contribution in [0.1, 0.15) is 93.1 Å². The molecule has 2 aliphatic heterocycles. The van der Waals surface area contributed by atoms with Crippen LogP contribution in [0.25, 0.3) is 0 Å². The Balaban J connectivity index is 1.96. The summed E-state index contributed by atoms with van der Waals surface area (Å²) in [5, 5.41) is 0.500. The molecule has 2 fully saturated rings. The normalized spacial score (nSPS) is 29.9. The lowest BCUT2D eigenvalue weighted by molar-refractivity contribution is 0.0892. The van der Waals surface area contributed by atoms with Crippen LogP contribution in [0.5, 0.6) is 0 Å². The van der Waals surface area contributed by atoms with Gasteiger partial charge in [-0.3, -0.25) is 9.00 Å². The SMILES string of the molecule is CC(C)c1cccc(C(C)C)c1C(=O)C1CC2CCCC(C1)S2=O. The van der Waals surface area contributed by atoms with E-state index in [1.165, 1.54) is 17.5 Å². The van der Waals surface area contributed by atoms with E-state index < -0.39 is 10.8 Å². The van der Waals surface area contributed by atoms with E-state index in [1.807, 2.05) is 0 Å². The lowest BCUT2D eigenvalue weighted by Gasteiger charge is -2.38. The zero-order valence-electron chi connectivity index (χ0n) is 15.4. The molecule has 2 unspecified atom stereocenters. The van der Waals surface area contributed by atoms with Gasteiger partial charge < -0.3 is 0 Å². The predicted molar refractivity (Wildman–Crippen MR) is 101 cm³/mol. The van der Waals surface area contributed by atoms with E-state index in [0.717, 1.165) is 31.2 Å². The van der Waals surface area contributed by atoms with E-state index in [1.54, 1.807) is 0 Å². The first-order valence-electron chi connectivity index (χ1n) is 9.46. The summed E-state index contributed by atoms with van der Waals surface area (Å²) in [6.45, 7) is 8.67. The molecule has 0 spiro atoms. The van der Waals surface area contributed by atoms with Crippen molar-refractivity contribution in [1.82, 2.24) is 0 Å². The molecule has 3 heteroatoms. The van der Waals surface area contributed by atoms with Crippen molar-refractivity contribution in [2.45, 2.75) is 82.1 Å². The van der Waals surface area contributed by atoms with Gasteiger partial charge in [-0.05, 0) is 48.6 Å². The van der Waals surface area contributed by atoms with Gasteiger partial charge in [0.05, 0.1) is 0 Å². The Kier molecular flexibility index (Phi) is 5.29. The maximum Gasteiger partial charge on any atom is 0.166 e. The minimum Gasteiger partial charge on any atom is -0.294 e. The molecule has 2 atom stereocenters. The van der Waals surface area contributed by atoms with Gasteiger partial charge in [-0.15, -0.1) is 0 Å². The highest BCUT2D eigenvalue weighted by Gasteiger charge is 2.41. The average molecular weight is 347 g/mol. The van der Waals surface area contributed by atoms with E-state index in [-0.39, 0.29) is 16.4 Å². The lowest BCUT2D eigenvalue weighted by Crippen LogP contribution is -2.41. The van der Waals surface area contributed by atoms with Crippen LogP contribution in [0.15, 0.2) is 18.2 Å². The Hall–Kier alpha value is -0.960. The van der Waals surface area contributed by atoms with Gasteiger partial charge in [-0.1, -0.05) is 52.3 Å². The molecule has 0 amide bonds. The largest absolute Gasteiger partial charge is 0.294 e. The number of hydrogen-bond acceptors (Lipinski definition) is 2. The number of rotatable bonds is 4. The van der Waals surface area contributed by atoms with E-state index in [4.69, 9.17) is 0 Å². The van der Waals surface area contributed by atoms with Crippen LogP contribution in [0.3, 0.4) is 0 Å². The number of benzene rings is 1. The molecule has 132 valence electrons. The Morgan fingerprint density at radius 1 is 1.00 bits per heavy atom. The van der Waals surface area contributed by atoms with Crippen LogP contribution in [0.2, 0.25) is 0 Å². The van der Waals surface area contributed by atoms with Gasteiger partial charge in [-0.25, -0.2) is 0 Å². The highest BCUT2D eigenvalue weighted by Crippen LogP contribution is 2.40. The van der Waals surface area contributed by atoms with Gasteiger partial charge in [-0.2, -0.15) is 0 Å². The van der Waals surface area contributed by atoms with Gasteiger partial charge in [0, 0.05) is 32.8 Å². The monoisotopic (exact) mass is 346 g/mol. The fourth-order valence-electron chi connectivity index (χ4n) is 4.49. The Labute approximate surface area is 148 Å². The number of carbonyl (C=O) groups excluding carboxylic acids is 1. The molecule has 0 saturated carbocycles. The van der Waals surface area contributed by atoms with E-state index in [2.05, 4.69) is 45.9 Å². The predicted octanol–water partition coefficient (Wildman–Crippen LogP) is 5.20. The average Bonchev–Trinajstić information content (AvgIpc) is 2.53. The van der Waals surface area contributed by atoms with Crippen molar-refractivity contribution in [1.29, 1.82) is 0 Å². The van der Waals surface area contributed by atoms with Crippen LogP contribution in [0.4, 0.5) is 0 Å². The van der Waals surface area contributed by atoms with Crippen LogP contribution in [0, 0.1) is 5.92 Å². The summed E-state index contributed by atoms with van der Waals surface area (Å²) in [4.78, 5) is 13.5. The van der Waals surface area contributed by atoms with Crippen molar-refractivity contribution in [3.05, 3.63) is 34.9 Å². The van der Waals surface area contributed by atoms with E-state index >= 15 is 0 Å². The van der Waals surface area contributed by atoms with Gasteiger partial charge in [0.2, 0.25) is 0 Å². The van der Waals surface area contributed by atoms with Crippen LogP contribution < -0.4 is 0 Å². The molecule has 0 aromatic heterocycles.